The van der Waals surface area contributed by atoms with Gasteiger partial charge in [-0.05, 0) is 48.0 Å². The summed E-state index contributed by atoms with van der Waals surface area (Å²) in [5, 5.41) is 0. The average Bonchev–Trinajstić information content (AvgIpc) is 3.05. The summed E-state index contributed by atoms with van der Waals surface area (Å²) in [6.45, 7) is 23.6. The lowest BCUT2D eigenvalue weighted by molar-refractivity contribution is 0.621. The first-order chi connectivity index (χ1) is 24.5. The van der Waals surface area contributed by atoms with Crippen LogP contribution in [0.4, 0.5) is 0 Å². The lowest BCUT2D eigenvalue weighted by atomic mass is 9.91. The minimum absolute atomic E-state index is 0.0236. The Hall–Kier alpha value is -0.670. The van der Waals surface area contributed by atoms with Gasteiger partial charge in [-0.3, -0.25) is 0 Å². The molecule has 7 heterocycles. The Morgan fingerprint density at radius 2 is 0.615 bits per heavy atom. The second-order valence-corrected chi connectivity index (χ2v) is 24.9. The van der Waals surface area contributed by atoms with E-state index in [4.69, 9.17) is 0 Å². The highest BCUT2D eigenvalue weighted by molar-refractivity contribution is 8.16. The molecule has 0 amide bonds. The molecule has 4 unspecified atom stereocenters. The molecule has 0 aliphatic carbocycles. The minimum atomic E-state index is -0.0376. The second kappa shape index (κ2) is 15.7. The van der Waals surface area contributed by atoms with E-state index in [1.807, 2.05) is 82.3 Å². The van der Waals surface area contributed by atoms with E-state index < -0.39 is 0 Å². The third kappa shape index (κ3) is 9.64. The molecule has 0 radical (unpaired) electrons. The molecule has 0 spiro atoms. The van der Waals surface area contributed by atoms with Crippen LogP contribution in [-0.4, -0.2) is 11.5 Å². The van der Waals surface area contributed by atoms with E-state index in [2.05, 4.69) is 142 Å². The van der Waals surface area contributed by atoms with E-state index in [1.165, 1.54) is 83.2 Å². The first-order valence-electron chi connectivity index (χ1n) is 18.8. The van der Waals surface area contributed by atoms with E-state index in [-0.39, 0.29) is 16.2 Å². The highest BCUT2D eigenvalue weighted by atomic mass is 32.2. The van der Waals surface area contributed by atoms with Crippen LogP contribution in [0, 0.1) is 39.9 Å². The zero-order valence-corrected chi connectivity index (χ0v) is 38.1. The van der Waals surface area contributed by atoms with Crippen LogP contribution in [0.3, 0.4) is 0 Å². The fourth-order valence-corrected chi connectivity index (χ4v) is 17.4. The molecule has 276 valence electrons. The fraction of sp³-hybridized carbons (Fsp3) is 0.467. The van der Waals surface area contributed by atoms with Crippen molar-refractivity contribution in [3.05, 3.63) is 132 Å². The Balaban J connectivity index is 1.09. The van der Waals surface area contributed by atoms with E-state index in [9.17, 15) is 0 Å². The summed E-state index contributed by atoms with van der Waals surface area (Å²) in [6.07, 6.45) is 32.6. The maximum absolute atomic E-state index is 2.52. The SMILES string of the molecule is CC1C=C(C2=CC(C)(C)C=C(C3=CC(C)CCS3)S2)SC(C2=CC(C)(C)C=C(C3=CC(C)C=C(C4=CC(C)(C)C=C(C5=CC(C)CCS5)S4)S3)S2)=C1. The van der Waals surface area contributed by atoms with Crippen LogP contribution in [0.2, 0.25) is 0 Å². The summed E-state index contributed by atoms with van der Waals surface area (Å²) in [7, 11) is 0. The summed E-state index contributed by atoms with van der Waals surface area (Å²) < 4.78 is 0. The standard InChI is InChI=1S/C45H54S7/c1-27-11-13-46-31(15-27)37-21-43(5,6)23-39(50-37)33-17-29(3)19-35(48-33)41-25-45(9,10)26-42(52-41)36-20-30(4)18-34(49-36)40-24-44(7,8)22-38(51-40)32-16-28(2)12-14-47-32/h15-30H,11-14H2,1-10H3. The Bertz CT molecular complexity index is 1760. The lowest BCUT2D eigenvalue weighted by Crippen LogP contribution is -2.13. The molecule has 4 atom stereocenters. The van der Waals surface area contributed by atoms with Crippen LogP contribution in [0.25, 0.3) is 0 Å². The van der Waals surface area contributed by atoms with Crippen molar-refractivity contribution in [2.45, 2.75) is 82.1 Å². The normalized spacial score (nSPS) is 31.5. The maximum Gasteiger partial charge on any atom is 0.0227 e. The largest absolute Gasteiger partial charge is 0.125 e. The van der Waals surface area contributed by atoms with Crippen LogP contribution < -0.4 is 0 Å². The highest BCUT2D eigenvalue weighted by Gasteiger charge is 2.33. The molecule has 0 aromatic rings. The van der Waals surface area contributed by atoms with Crippen molar-refractivity contribution in [2.75, 3.05) is 11.5 Å². The third-order valence-corrected chi connectivity index (χ3v) is 18.4. The summed E-state index contributed by atoms with van der Waals surface area (Å²) in [4.78, 5) is 17.1. The molecular formula is C45H54S7. The van der Waals surface area contributed by atoms with E-state index in [0.717, 1.165) is 0 Å². The Labute approximate surface area is 344 Å². The summed E-state index contributed by atoms with van der Waals surface area (Å²) >= 11 is 14.0. The van der Waals surface area contributed by atoms with Crippen LogP contribution >= 0.6 is 82.3 Å². The molecular weight excluding hydrogens is 765 g/mol. The van der Waals surface area contributed by atoms with Gasteiger partial charge in [0.25, 0.3) is 0 Å². The molecule has 7 aliphatic heterocycles. The third-order valence-electron chi connectivity index (χ3n) is 9.77. The van der Waals surface area contributed by atoms with Gasteiger partial charge in [-0.2, -0.15) is 0 Å². The van der Waals surface area contributed by atoms with Gasteiger partial charge in [0.15, 0.2) is 0 Å². The Morgan fingerprint density at radius 3 is 0.885 bits per heavy atom. The number of rotatable bonds is 6. The quantitative estimate of drug-likeness (QED) is 0.258. The van der Waals surface area contributed by atoms with Crippen LogP contribution in [-0.2, 0) is 0 Å². The van der Waals surface area contributed by atoms with Crippen molar-refractivity contribution in [3.63, 3.8) is 0 Å². The molecule has 0 nitrogen and oxygen atoms in total. The van der Waals surface area contributed by atoms with E-state index >= 15 is 0 Å². The monoisotopic (exact) mass is 818 g/mol. The minimum Gasteiger partial charge on any atom is -0.125 e. The van der Waals surface area contributed by atoms with Crippen LogP contribution in [0.5, 0.6) is 0 Å². The van der Waals surface area contributed by atoms with Gasteiger partial charge >= 0.3 is 0 Å². The predicted octanol–water partition coefficient (Wildman–Crippen LogP) is 16.2. The first kappa shape index (κ1) is 39.6. The van der Waals surface area contributed by atoms with Gasteiger partial charge in [0, 0.05) is 75.1 Å². The molecule has 0 saturated heterocycles. The number of hydrogen-bond donors (Lipinski definition) is 0. The van der Waals surface area contributed by atoms with Crippen LogP contribution in [0.15, 0.2) is 132 Å². The van der Waals surface area contributed by atoms with Crippen molar-refractivity contribution in [1.29, 1.82) is 0 Å². The zero-order valence-electron chi connectivity index (χ0n) is 32.4. The van der Waals surface area contributed by atoms with Gasteiger partial charge in [-0.15, -0.1) is 23.5 Å². The van der Waals surface area contributed by atoms with Gasteiger partial charge in [-0.25, -0.2) is 0 Å². The Kier molecular flexibility index (Phi) is 11.9. The summed E-state index contributed by atoms with van der Waals surface area (Å²) in [6, 6.07) is 0. The lowest BCUT2D eigenvalue weighted by Gasteiger charge is -2.33. The van der Waals surface area contributed by atoms with Crippen molar-refractivity contribution >= 4 is 82.3 Å². The van der Waals surface area contributed by atoms with Crippen molar-refractivity contribution in [1.82, 2.24) is 0 Å². The van der Waals surface area contributed by atoms with E-state index in [1.54, 1.807) is 0 Å². The van der Waals surface area contributed by atoms with Crippen molar-refractivity contribution in [3.8, 4) is 0 Å². The predicted molar refractivity (Wildman–Crippen MR) is 247 cm³/mol. The number of thioether (sulfide) groups is 7. The molecule has 7 heteroatoms. The van der Waals surface area contributed by atoms with Gasteiger partial charge in [0.2, 0.25) is 0 Å². The molecule has 0 N–H and O–H groups in total. The average molecular weight is 819 g/mol. The van der Waals surface area contributed by atoms with Crippen molar-refractivity contribution in [2.24, 2.45) is 39.9 Å². The van der Waals surface area contributed by atoms with E-state index in [0.29, 0.717) is 23.7 Å². The van der Waals surface area contributed by atoms with Crippen LogP contribution in [0.1, 0.15) is 82.1 Å². The molecule has 0 aromatic heterocycles. The second-order valence-electron chi connectivity index (χ2n) is 17.2. The summed E-state index contributed by atoms with van der Waals surface area (Å²) in [5.74, 6) is 4.51. The Morgan fingerprint density at radius 1 is 0.365 bits per heavy atom. The molecule has 0 bridgehead atoms. The van der Waals surface area contributed by atoms with Gasteiger partial charge < -0.3 is 0 Å². The topological polar surface area (TPSA) is 0 Å². The summed E-state index contributed by atoms with van der Waals surface area (Å²) in [5.41, 5.74) is 0.00953. The molecule has 7 aliphatic rings. The molecule has 0 saturated carbocycles. The molecule has 0 fully saturated rings. The van der Waals surface area contributed by atoms with Gasteiger partial charge in [-0.1, -0.05) is 201 Å². The van der Waals surface area contributed by atoms with Crippen molar-refractivity contribution < 1.29 is 0 Å². The molecule has 0 aromatic carbocycles. The smallest absolute Gasteiger partial charge is 0.0227 e. The number of allylic oxidation sites excluding steroid dienone is 12. The molecule has 52 heavy (non-hydrogen) atoms. The maximum atomic E-state index is 2.52. The zero-order chi connectivity index (χ0) is 37.0. The first-order valence-corrected chi connectivity index (χ1v) is 24.9. The fourth-order valence-electron chi connectivity index (χ4n) is 7.16. The van der Waals surface area contributed by atoms with Gasteiger partial charge in [0.1, 0.15) is 0 Å². The van der Waals surface area contributed by atoms with Gasteiger partial charge in [0.05, 0.1) is 0 Å². The number of hydrogen-bond acceptors (Lipinski definition) is 7. The highest BCUT2D eigenvalue weighted by Crippen LogP contribution is 2.58. The molecule has 7 rings (SSSR count).